The van der Waals surface area contributed by atoms with E-state index in [4.69, 9.17) is 18.9 Å². The van der Waals surface area contributed by atoms with E-state index in [9.17, 15) is 14.7 Å². The van der Waals surface area contributed by atoms with Gasteiger partial charge in [0.15, 0.2) is 0 Å². The normalized spacial score (nSPS) is 14.7. The van der Waals surface area contributed by atoms with Gasteiger partial charge in [-0.25, -0.2) is 0 Å². The summed E-state index contributed by atoms with van der Waals surface area (Å²) in [7, 11) is 3.42. The molecule has 1 atom stereocenters. The number of carbonyl (C=O) groups excluding carboxylic acids is 2. The maximum Gasteiger partial charge on any atom is 0.251 e. The molecule has 1 unspecified atom stereocenters. The van der Waals surface area contributed by atoms with Gasteiger partial charge in [-0.3, -0.25) is 9.59 Å². The first-order valence-corrected chi connectivity index (χ1v) is 18.2. The molecule has 0 aliphatic heterocycles. The molecule has 9 heteroatoms. The molecule has 1 aliphatic rings. The Balaban J connectivity index is 1.53. The number of methoxy groups -OCH3 is 2. The first-order valence-electron chi connectivity index (χ1n) is 18.2. The Morgan fingerprint density at radius 1 is 0.740 bits per heavy atom. The quantitative estimate of drug-likeness (QED) is 0.122. The molecule has 280 valence electrons. The van der Waals surface area contributed by atoms with Crippen LogP contribution >= 0.6 is 0 Å². The lowest BCUT2D eigenvalue weighted by atomic mass is 9.95. The van der Waals surface area contributed by atoms with Crippen molar-refractivity contribution in [3.05, 3.63) is 58.7 Å². The van der Waals surface area contributed by atoms with Crippen LogP contribution in [0.3, 0.4) is 0 Å². The monoisotopic (exact) mass is 696 g/mol. The summed E-state index contributed by atoms with van der Waals surface area (Å²) in [6.45, 7) is 18.5. The van der Waals surface area contributed by atoms with Gasteiger partial charge in [-0.15, -0.1) is 0 Å². The van der Waals surface area contributed by atoms with Crippen LogP contribution in [0.1, 0.15) is 127 Å². The summed E-state index contributed by atoms with van der Waals surface area (Å²) in [6.07, 6.45) is 4.86. The zero-order valence-corrected chi connectivity index (χ0v) is 32.4. The maximum atomic E-state index is 13.5. The van der Waals surface area contributed by atoms with E-state index in [1.165, 1.54) is 0 Å². The van der Waals surface area contributed by atoms with Crippen LogP contribution in [-0.2, 0) is 30.2 Å². The largest absolute Gasteiger partial charge is 0.395 e. The average molecular weight is 697 g/mol. The Bertz CT molecular complexity index is 1420. The lowest BCUT2D eigenvalue weighted by molar-refractivity contribution is -0.121. The van der Waals surface area contributed by atoms with Crippen LogP contribution in [0.4, 0.5) is 0 Å². The number of aliphatic hydroxyl groups excluding tert-OH is 1. The number of carbonyl (C=O) groups is 2. The van der Waals surface area contributed by atoms with Gasteiger partial charge >= 0.3 is 0 Å². The van der Waals surface area contributed by atoms with Gasteiger partial charge in [0.05, 0.1) is 42.2 Å². The van der Waals surface area contributed by atoms with E-state index in [1.807, 2.05) is 73.6 Å². The van der Waals surface area contributed by atoms with E-state index in [-0.39, 0.29) is 41.1 Å². The Hall–Kier alpha value is -2.82. The third kappa shape index (κ3) is 12.4. The minimum absolute atomic E-state index is 0.0313. The molecule has 3 rings (SSSR count). The van der Waals surface area contributed by atoms with Gasteiger partial charge in [-0.05, 0) is 128 Å². The predicted octanol–water partition coefficient (Wildman–Crippen LogP) is 6.96. The number of ether oxygens (including phenoxy) is 4. The number of amides is 2. The summed E-state index contributed by atoms with van der Waals surface area (Å²) >= 11 is 0. The lowest BCUT2D eigenvalue weighted by Gasteiger charge is -2.29. The minimum Gasteiger partial charge on any atom is -0.395 e. The van der Waals surface area contributed by atoms with E-state index >= 15 is 0 Å². The van der Waals surface area contributed by atoms with Gasteiger partial charge in [0, 0.05) is 45.2 Å². The second-order valence-corrected chi connectivity index (χ2v) is 16.0. The van der Waals surface area contributed by atoms with Crippen molar-refractivity contribution in [2.45, 2.75) is 129 Å². The molecule has 0 heterocycles. The number of hydrogen-bond donors (Lipinski definition) is 3. The van der Waals surface area contributed by atoms with Crippen molar-refractivity contribution < 1.29 is 33.6 Å². The molecule has 0 saturated heterocycles. The molecule has 2 amide bonds. The zero-order valence-electron chi connectivity index (χ0n) is 32.4. The Morgan fingerprint density at radius 3 is 1.88 bits per heavy atom. The van der Waals surface area contributed by atoms with Crippen LogP contribution in [0.5, 0.6) is 0 Å². The molecule has 3 N–H and O–H groups in total. The van der Waals surface area contributed by atoms with Gasteiger partial charge in [-0.2, -0.15) is 0 Å². The van der Waals surface area contributed by atoms with Crippen LogP contribution in [0, 0.1) is 0 Å². The van der Waals surface area contributed by atoms with E-state index in [0.717, 1.165) is 53.5 Å². The molecule has 2 aromatic carbocycles. The van der Waals surface area contributed by atoms with Crippen LogP contribution in [0.25, 0.3) is 11.1 Å². The molecule has 9 nitrogen and oxygen atoms in total. The summed E-state index contributed by atoms with van der Waals surface area (Å²) < 4.78 is 23.1. The molecule has 0 saturated carbocycles. The predicted molar refractivity (Wildman–Crippen MR) is 200 cm³/mol. The van der Waals surface area contributed by atoms with E-state index in [1.54, 1.807) is 14.2 Å². The first-order chi connectivity index (χ1) is 23.4. The van der Waals surface area contributed by atoms with Crippen molar-refractivity contribution in [2.75, 3.05) is 47.1 Å². The molecule has 50 heavy (non-hydrogen) atoms. The van der Waals surface area contributed by atoms with Crippen molar-refractivity contribution in [3.8, 4) is 11.1 Å². The smallest absolute Gasteiger partial charge is 0.251 e. The highest BCUT2D eigenvalue weighted by molar-refractivity contribution is 6.03. The van der Waals surface area contributed by atoms with E-state index < -0.39 is 5.60 Å². The Labute approximate surface area is 301 Å². The Morgan fingerprint density at radius 2 is 1.32 bits per heavy atom. The van der Waals surface area contributed by atoms with Crippen molar-refractivity contribution in [1.82, 2.24) is 10.6 Å². The average Bonchev–Trinajstić information content (AvgIpc) is 3.37. The number of rotatable bonds is 22. The second-order valence-electron chi connectivity index (χ2n) is 16.0. The molecule has 0 fully saturated rings. The van der Waals surface area contributed by atoms with Crippen LogP contribution in [-0.4, -0.2) is 86.5 Å². The first kappa shape index (κ1) is 41.6. The summed E-state index contributed by atoms with van der Waals surface area (Å²) in [5, 5.41) is 16.6. The summed E-state index contributed by atoms with van der Waals surface area (Å²) in [4.78, 5) is 26.1. The highest BCUT2D eigenvalue weighted by Gasteiger charge is 2.32. The fraction of sp³-hybridized carbons (Fsp3) is 0.659. The highest BCUT2D eigenvalue weighted by atomic mass is 16.5. The SMILES string of the molecule is COC(C)(C)CCOC(C)(C)CCNC(=O)CCCc1ccc2c(c1)C(CO)c1cccc(C(=O)NCCC(C)(C)OCCC(C)(C)OC)c1-2. The molecule has 0 aromatic heterocycles. The van der Waals surface area contributed by atoms with E-state index in [2.05, 4.69) is 28.8 Å². The number of aryl methyl sites for hydroxylation is 1. The van der Waals surface area contributed by atoms with E-state index in [0.29, 0.717) is 51.1 Å². The Kier molecular flexibility index (Phi) is 15.1. The molecule has 0 radical (unpaired) electrons. The third-order valence-corrected chi connectivity index (χ3v) is 10.1. The number of nitrogens with one attached hydrogen (secondary N) is 2. The fourth-order valence-corrected chi connectivity index (χ4v) is 6.11. The summed E-state index contributed by atoms with van der Waals surface area (Å²) in [6, 6.07) is 12.0. The van der Waals surface area contributed by atoms with Gasteiger partial charge in [-0.1, -0.05) is 30.3 Å². The molecular formula is C41H64N2O7. The zero-order chi connectivity index (χ0) is 37.2. The lowest BCUT2D eigenvalue weighted by Crippen LogP contribution is -2.34. The van der Waals surface area contributed by atoms with Crippen molar-refractivity contribution in [2.24, 2.45) is 0 Å². The van der Waals surface area contributed by atoms with Crippen LogP contribution < -0.4 is 10.6 Å². The number of hydrogen-bond acceptors (Lipinski definition) is 7. The van der Waals surface area contributed by atoms with Gasteiger partial charge in [0.25, 0.3) is 5.91 Å². The summed E-state index contributed by atoms with van der Waals surface area (Å²) in [5.41, 5.74) is 4.38. The number of fused-ring (bicyclic) bond motifs is 3. The van der Waals surface area contributed by atoms with Gasteiger partial charge in [0.1, 0.15) is 0 Å². The maximum absolute atomic E-state index is 13.5. The third-order valence-electron chi connectivity index (χ3n) is 10.1. The molecule has 2 aromatic rings. The van der Waals surface area contributed by atoms with Crippen LogP contribution in [0.15, 0.2) is 36.4 Å². The fourth-order valence-electron chi connectivity index (χ4n) is 6.11. The minimum atomic E-state index is -0.394. The topological polar surface area (TPSA) is 115 Å². The molecule has 0 spiro atoms. The van der Waals surface area contributed by atoms with Gasteiger partial charge < -0.3 is 34.7 Å². The highest BCUT2D eigenvalue weighted by Crippen LogP contribution is 2.46. The molecular weight excluding hydrogens is 632 g/mol. The number of benzene rings is 2. The standard InChI is InChI=1S/C41H64N2O7/c1-38(2,47-9)21-25-49-40(5,6)19-23-42-35(45)16-11-13-29-17-18-31-33(27-29)34(28-44)30-14-12-15-32(36(30)31)37(46)43-24-20-41(7,8)50-26-22-39(3,4)48-10/h12,14-15,17-18,27,34,44H,11,13,16,19-26,28H2,1-10H3,(H,42,45)(H,43,46). The number of aliphatic hydroxyl groups is 1. The second kappa shape index (κ2) is 18.1. The van der Waals surface area contributed by atoms with Crippen LogP contribution in [0.2, 0.25) is 0 Å². The van der Waals surface area contributed by atoms with Gasteiger partial charge in [0.2, 0.25) is 5.91 Å². The van der Waals surface area contributed by atoms with Crippen molar-refractivity contribution >= 4 is 11.8 Å². The van der Waals surface area contributed by atoms with Crippen molar-refractivity contribution in [1.29, 1.82) is 0 Å². The molecule has 0 bridgehead atoms. The summed E-state index contributed by atoms with van der Waals surface area (Å²) in [5.74, 6) is -0.308. The van der Waals surface area contributed by atoms with Crippen molar-refractivity contribution in [3.63, 3.8) is 0 Å². The molecule has 1 aliphatic carbocycles.